The summed E-state index contributed by atoms with van der Waals surface area (Å²) in [5, 5.41) is 2.87. The summed E-state index contributed by atoms with van der Waals surface area (Å²) in [7, 11) is 0. The van der Waals surface area contributed by atoms with E-state index < -0.39 is 11.7 Å². The maximum absolute atomic E-state index is 12.2. The van der Waals surface area contributed by atoms with Crippen molar-refractivity contribution < 1.29 is 13.2 Å². The van der Waals surface area contributed by atoms with Gasteiger partial charge in [0.1, 0.15) is 0 Å². The molecule has 1 aromatic carbocycles. The molecule has 0 spiro atoms. The Morgan fingerprint density at radius 3 is 2.20 bits per heavy atom. The molecule has 0 saturated heterocycles. The summed E-state index contributed by atoms with van der Waals surface area (Å²) in [5.74, 6) is 2.42. The van der Waals surface area contributed by atoms with Gasteiger partial charge in [0.2, 0.25) is 0 Å². The summed E-state index contributed by atoms with van der Waals surface area (Å²) in [6.45, 7) is 1.75. The molecule has 1 atom stereocenters. The molecule has 0 bridgehead atoms. The van der Waals surface area contributed by atoms with Gasteiger partial charge >= 0.3 is 6.18 Å². The molecule has 0 radical (unpaired) electrons. The van der Waals surface area contributed by atoms with Gasteiger partial charge < -0.3 is 5.32 Å². The zero-order chi connectivity index (χ0) is 11.5. The quantitative estimate of drug-likeness (QED) is 0.744. The van der Waals surface area contributed by atoms with Crippen LogP contribution >= 0.6 is 0 Å². The van der Waals surface area contributed by atoms with Gasteiger partial charge in [0.05, 0.1) is 11.6 Å². The Morgan fingerprint density at radius 2 is 1.80 bits per heavy atom. The van der Waals surface area contributed by atoms with E-state index in [1.807, 2.05) is 0 Å². The predicted octanol–water partition coefficient (Wildman–Crippen LogP) is 3.14. The van der Waals surface area contributed by atoms with Crippen LogP contribution in [0.1, 0.15) is 12.5 Å². The third kappa shape index (κ3) is 3.21. The minimum absolute atomic E-state index is 0.207. The monoisotopic (exact) mass is 213 g/mol. The molecular formula is C11H10F3N. The largest absolute Gasteiger partial charge is 0.416 e. The lowest BCUT2D eigenvalue weighted by molar-refractivity contribution is -0.137. The molecule has 1 N–H and O–H groups in total. The molecule has 4 heteroatoms. The summed E-state index contributed by atoms with van der Waals surface area (Å²) in [6.07, 6.45) is 0.831. The van der Waals surface area contributed by atoms with Crippen molar-refractivity contribution in [2.24, 2.45) is 0 Å². The van der Waals surface area contributed by atoms with E-state index in [-0.39, 0.29) is 6.04 Å². The van der Waals surface area contributed by atoms with Crippen molar-refractivity contribution in [1.29, 1.82) is 0 Å². The van der Waals surface area contributed by atoms with Crippen LogP contribution in [0.3, 0.4) is 0 Å². The fourth-order valence-electron chi connectivity index (χ4n) is 1.05. The minimum atomic E-state index is -4.30. The van der Waals surface area contributed by atoms with Crippen LogP contribution in [0.5, 0.6) is 0 Å². The Kier molecular flexibility index (Phi) is 3.25. The molecular weight excluding hydrogens is 203 g/mol. The van der Waals surface area contributed by atoms with E-state index in [4.69, 9.17) is 6.42 Å². The van der Waals surface area contributed by atoms with Crippen molar-refractivity contribution in [3.8, 4) is 12.3 Å². The molecule has 0 fully saturated rings. The van der Waals surface area contributed by atoms with E-state index in [1.165, 1.54) is 12.1 Å². The van der Waals surface area contributed by atoms with Gasteiger partial charge in [-0.25, -0.2) is 0 Å². The molecule has 1 rings (SSSR count). The SMILES string of the molecule is C#CC(C)Nc1ccc(C(F)(F)F)cc1. The fraction of sp³-hybridized carbons (Fsp3) is 0.273. The molecule has 15 heavy (non-hydrogen) atoms. The molecule has 1 aromatic rings. The van der Waals surface area contributed by atoms with Crippen molar-refractivity contribution >= 4 is 5.69 Å². The average molecular weight is 213 g/mol. The van der Waals surface area contributed by atoms with Crippen molar-refractivity contribution in [3.05, 3.63) is 29.8 Å². The lowest BCUT2D eigenvalue weighted by Crippen LogP contribution is -2.12. The van der Waals surface area contributed by atoms with Crippen molar-refractivity contribution in [2.45, 2.75) is 19.1 Å². The number of terminal acetylenes is 1. The van der Waals surface area contributed by atoms with Crippen LogP contribution in [0, 0.1) is 12.3 Å². The third-order valence-corrected chi connectivity index (χ3v) is 1.85. The normalized spacial score (nSPS) is 13.0. The molecule has 0 saturated carbocycles. The van der Waals surface area contributed by atoms with Gasteiger partial charge in [0.15, 0.2) is 0 Å². The van der Waals surface area contributed by atoms with Gasteiger partial charge in [0, 0.05) is 5.69 Å². The summed E-state index contributed by atoms with van der Waals surface area (Å²) in [6, 6.07) is 4.55. The second kappa shape index (κ2) is 4.26. The van der Waals surface area contributed by atoms with Gasteiger partial charge in [-0.2, -0.15) is 13.2 Å². The molecule has 0 aliphatic rings. The molecule has 1 nitrogen and oxygen atoms in total. The van der Waals surface area contributed by atoms with Crippen molar-refractivity contribution in [2.75, 3.05) is 5.32 Å². The number of hydrogen-bond donors (Lipinski definition) is 1. The Morgan fingerprint density at radius 1 is 1.27 bits per heavy atom. The number of anilines is 1. The van der Waals surface area contributed by atoms with Crippen LogP contribution in [0.25, 0.3) is 0 Å². The summed E-state index contributed by atoms with van der Waals surface area (Å²) >= 11 is 0. The van der Waals surface area contributed by atoms with Gasteiger partial charge in [0.25, 0.3) is 0 Å². The Balaban J connectivity index is 2.78. The van der Waals surface area contributed by atoms with Gasteiger partial charge in [-0.1, -0.05) is 5.92 Å². The zero-order valence-electron chi connectivity index (χ0n) is 8.10. The van der Waals surface area contributed by atoms with Crippen molar-refractivity contribution in [3.63, 3.8) is 0 Å². The van der Waals surface area contributed by atoms with Gasteiger partial charge in [-0.15, -0.1) is 6.42 Å². The van der Waals surface area contributed by atoms with E-state index in [0.29, 0.717) is 5.69 Å². The number of hydrogen-bond acceptors (Lipinski definition) is 1. The first-order valence-corrected chi connectivity index (χ1v) is 4.33. The molecule has 80 valence electrons. The number of rotatable bonds is 2. The molecule has 1 unspecified atom stereocenters. The molecule has 0 aliphatic carbocycles. The molecule has 0 aliphatic heterocycles. The second-order valence-corrected chi connectivity index (χ2v) is 3.11. The maximum Gasteiger partial charge on any atom is 0.416 e. The topological polar surface area (TPSA) is 12.0 Å². The lowest BCUT2D eigenvalue weighted by atomic mass is 10.2. The summed E-state index contributed by atoms with van der Waals surface area (Å²) in [4.78, 5) is 0. The lowest BCUT2D eigenvalue weighted by Gasteiger charge is -2.11. The smallest absolute Gasteiger partial charge is 0.372 e. The van der Waals surface area contributed by atoms with E-state index in [2.05, 4.69) is 11.2 Å². The zero-order valence-corrected chi connectivity index (χ0v) is 8.10. The first-order chi connectivity index (χ1) is 6.93. The maximum atomic E-state index is 12.2. The minimum Gasteiger partial charge on any atom is -0.372 e. The highest BCUT2D eigenvalue weighted by Gasteiger charge is 2.29. The Hall–Kier alpha value is -1.63. The third-order valence-electron chi connectivity index (χ3n) is 1.85. The van der Waals surface area contributed by atoms with E-state index >= 15 is 0 Å². The van der Waals surface area contributed by atoms with Crippen LogP contribution in [0.2, 0.25) is 0 Å². The highest BCUT2D eigenvalue weighted by atomic mass is 19.4. The molecule has 0 amide bonds. The van der Waals surface area contributed by atoms with Crippen molar-refractivity contribution in [1.82, 2.24) is 0 Å². The average Bonchev–Trinajstić information content (AvgIpc) is 2.17. The summed E-state index contributed by atoms with van der Waals surface area (Å²) < 4.78 is 36.6. The first kappa shape index (κ1) is 11.4. The number of nitrogens with one attached hydrogen (secondary N) is 1. The first-order valence-electron chi connectivity index (χ1n) is 4.33. The number of benzene rings is 1. The predicted molar refractivity (Wildman–Crippen MR) is 53.4 cm³/mol. The highest BCUT2D eigenvalue weighted by Crippen LogP contribution is 2.29. The van der Waals surface area contributed by atoms with E-state index in [1.54, 1.807) is 6.92 Å². The van der Waals surface area contributed by atoms with Gasteiger partial charge in [-0.05, 0) is 31.2 Å². The number of alkyl halides is 3. The van der Waals surface area contributed by atoms with Crippen LogP contribution < -0.4 is 5.32 Å². The summed E-state index contributed by atoms with van der Waals surface area (Å²) in [5.41, 5.74) is -0.0881. The van der Waals surface area contributed by atoms with Crippen LogP contribution in [0.15, 0.2) is 24.3 Å². The van der Waals surface area contributed by atoms with Crippen LogP contribution in [0.4, 0.5) is 18.9 Å². The van der Waals surface area contributed by atoms with Crippen LogP contribution in [-0.2, 0) is 6.18 Å². The Labute approximate surface area is 86.3 Å². The van der Waals surface area contributed by atoms with E-state index in [9.17, 15) is 13.2 Å². The molecule has 0 aromatic heterocycles. The standard InChI is InChI=1S/C11H10F3N/c1-3-8(2)15-10-6-4-9(5-7-10)11(12,13)14/h1,4-8,15H,2H3. The fourth-order valence-corrected chi connectivity index (χ4v) is 1.05. The molecule has 0 heterocycles. The number of halogens is 3. The second-order valence-electron chi connectivity index (χ2n) is 3.11. The van der Waals surface area contributed by atoms with Crippen LogP contribution in [-0.4, -0.2) is 6.04 Å². The van der Waals surface area contributed by atoms with Gasteiger partial charge in [-0.3, -0.25) is 0 Å². The van der Waals surface area contributed by atoms with E-state index in [0.717, 1.165) is 12.1 Å². The highest BCUT2D eigenvalue weighted by molar-refractivity contribution is 5.47. The Bertz CT molecular complexity index is 359.